The van der Waals surface area contributed by atoms with Gasteiger partial charge in [0, 0.05) is 32.0 Å². The van der Waals surface area contributed by atoms with Crippen molar-refractivity contribution in [2.24, 2.45) is 0 Å². The average molecular weight is 440 g/mol. The van der Waals surface area contributed by atoms with Crippen molar-refractivity contribution >= 4 is 24.8 Å². The number of aliphatic hydroxyl groups excluding tert-OH is 2. The van der Waals surface area contributed by atoms with Gasteiger partial charge >= 0.3 is 0 Å². The Morgan fingerprint density at radius 1 is 1.13 bits per heavy atom. The van der Waals surface area contributed by atoms with Crippen molar-refractivity contribution in [1.29, 1.82) is 0 Å². The van der Waals surface area contributed by atoms with Gasteiger partial charge in [0.1, 0.15) is 6.73 Å². The minimum absolute atomic E-state index is 0.0623. The summed E-state index contributed by atoms with van der Waals surface area (Å²) in [4.78, 5) is 4.52. The number of hydrogen-bond donors (Lipinski definition) is 3. The molecule has 4 rings (SSSR count). The predicted octanol–water partition coefficient (Wildman–Crippen LogP) is 4.57. The molecule has 1 heterocycles. The van der Waals surface area contributed by atoms with Gasteiger partial charge < -0.3 is 24.8 Å². The van der Waals surface area contributed by atoms with Gasteiger partial charge in [-0.3, -0.25) is 0 Å². The summed E-state index contributed by atoms with van der Waals surface area (Å²) in [6.07, 6.45) is 4.13. The highest BCUT2D eigenvalue weighted by Gasteiger charge is 2.23. The number of benzene rings is 2. The van der Waals surface area contributed by atoms with Crippen molar-refractivity contribution in [1.82, 2.24) is 9.55 Å². The van der Waals surface area contributed by atoms with Crippen LogP contribution < -0.4 is 5.32 Å². The zero-order valence-corrected chi connectivity index (χ0v) is 19.7. The molecule has 166 valence electrons. The molecule has 6 nitrogen and oxygen atoms in total. The van der Waals surface area contributed by atoms with E-state index >= 15 is 0 Å². The third-order valence-electron chi connectivity index (χ3n) is 5.80. The Labute approximate surface area is 184 Å². The predicted molar refractivity (Wildman–Crippen MR) is 128 cm³/mol. The molecule has 0 bridgehead atoms. The molecule has 0 spiro atoms. The molecule has 0 atom stereocenters. The van der Waals surface area contributed by atoms with Crippen LogP contribution in [0.15, 0.2) is 36.7 Å². The Morgan fingerprint density at radius 2 is 1.94 bits per heavy atom. The van der Waals surface area contributed by atoms with Crippen molar-refractivity contribution in [2.45, 2.75) is 64.5 Å². The average Bonchev–Trinajstić information content (AvgIpc) is 3.47. The van der Waals surface area contributed by atoms with Gasteiger partial charge in [0.2, 0.25) is 0 Å². The molecule has 0 amide bonds. The molecule has 0 radical (unpaired) electrons. The second-order valence-electron chi connectivity index (χ2n) is 9.63. The van der Waals surface area contributed by atoms with Crippen LogP contribution in [0.25, 0.3) is 22.2 Å². The third-order valence-corrected chi connectivity index (χ3v) is 7.51. The summed E-state index contributed by atoms with van der Waals surface area (Å²) in [5.41, 5.74) is 6.28. The van der Waals surface area contributed by atoms with E-state index in [0.29, 0.717) is 12.8 Å². The maximum Gasteiger partial charge on any atom is 0.124 e. The lowest BCUT2D eigenvalue weighted by atomic mass is 9.94. The van der Waals surface area contributed by atoms with Gasteiger partial charge in [-0.05, 0) is 53.8 Å². The SMILES string of the molecule is C[Si](C)(C)CCOCn1cnc2cc(CO)c(-c3cccc(NC4CC4)c3CO)cc21. The second-order valence-corrected chi connectivity index (χ2v) is 15.2. The lowest BCUT2D eigenvalue weighted by Crippen LogP contribution is -2.21. The van der Waals surface area contributed by atoms with E-state index in [1.54, 1.807) is 6.33 Å². The van der Waals surface area contributed by atoms with Crippen LogP contribution in [0.4, 0.5) is 5.69 Å². The molecule has 1 aromatic heterocycles. The standard InChI is InChI=1S/C24H33N3O3Si/c1-31(2,3)10-9-30-16-27-15-25-23-11-17(13-28)20(12-24(23)27)19-5-4-6-22(21(19)14-29)26-18-7-8-18/h4-6,11-12,15,18,26,28-29H,7-10,13-14,16H2,1-3H3. The molecule has 1 saturated carbocycles. The number of imidazole rings is 1. The highest BCUT2D eigenvalue weighted by Crippen LogP contribution is 2.36. The number of nitrogens with zero attached hydrogens (tertiary/aromatic N) is 2. The van der Waals surface area contributed by atoms with E-state index in [0.717, 1.165) is 51.6 Å². The lowest BCUT2D eigenvalue weighted by molar-refractivity contribution is 0.0898. The highest BCUT2D eigenvalue weighted by atomic mass is 28.3. The van der Waals surface area contributed by atoms with E-state index in [1.165, 1.54) is 12.8 Å². The lowest BCUT2D eigenvalue weighted by Gasteiger charge is -2.17. The fourth-order valence-electron chi connectivity index (χ4n) is 3.77. The van der Waals surface area contributed by atoms with E-state index in [9.17, 15) is 10.2 Å². The van der Waals surface area contributed by atoms with Crippen LogP contribution in [-0.2, 0) is 24.7 Å². The molecule has 2 aromatic carbocycles. The summed E-state index contributed by atoms with van der Waals surface area (Å²) in [5, 5.41) is 23.7. The van der Waals surface area contributed by atoms with E-state index in [1.807, 2.05) is 28.8 Å². The van der Waals surface area contributed by atoms with Gasteiger partial charge in [0.25, 0.3) is 0 Å². The maximum atomic E-state index is 10.2. The molecule has 0 saturated heterocycles. The van der Waals surface area contributed by atoms with Gasteiger partial charge in [-0.15, -0.1) is 0 Å². The Hall–Kier alpha value is -2.19. The summed E-state index contributed by atoms with van der Waals surface area (Å²) in [5.74, 6) is 0. The Morgan fingerprint density at radius 3 is 2.61 bits per heavy atom. The number of fused-ring (bicyclic) bond motifs is 1. The summed E-state index contributed by atoms with van der Waals surface area (Å²) < 4.78 is 7.95. The molecular weight excluding hydrogens is 406 g/mol. The highest BCUT2D eigenvalue weighted by molar-refractivity contribution is 6.76. The molecule has 7 heteroatoms. The molecule has 1 fully saturated rings. The summed E-state index contributed by atoms with van der Waals surface area (Å²) in [6.45, 7) is 8.09. The number of rotatable bonds is 10. The van der Waals surface area contributed by atoms with E-state index in [-0.39, 0.29) is 13.2 Å². The molecule has 3 N–H and O–H groups in total. The van der Waals surface area contributed by atoms with Crippen molar-refractivity contribution in [2.75, 3.05) is 11.9 Å². The number of nitrogens with one attached hydrogen (secondary N) is 1. The zero-order chi connectivity index (χ0) is 22.0. The monoisotopic (exact) mass is 439 g/mol. The van der Waals surface area contributed by atoms with Gasteiger partial charge in [-0.1, -0.05) is 31.8 Å². The van der Waals surface area contributed by atoms with Crippen LogP contribution >= 0.6 is 0 Å². The van der Waals surface area contributed by atoms with Gasteiger partial charge in [0.05, 0.1) is 30.6 Å². The molecular formula is C24H33N3O3Si. The molecule has 1 aliphatic carbocycles. The normalized spacial score (nSPS) is 14.4. The maximum absolute atomic E-state index is 10.2. The first-order chi connectivity index (χ1) is 14.9. The van der Waals surface area contributed by atoms with E-state index < -0.39 is 8.07 Å². The first kappa shape index (κ1) is 22.0. The second kappa shape index (κ2) is 9.12. The molecule has 3 aromatic rings. The van der Waals surface area contributed by atoms with Crippen LogP contribution in [0.2, 0.25) is 25.7 Å². The van der Waals surface area contributed by atoms with Crippen molar-refractivity contribution in [3.05, 3.63) is 47.8 Å². The fraction of sp³-hybridized carbons (Fsp3) is 0.458. The van der Waals surface area contributed by atoms with Crippen molar-refractivity contribution in [3.63, 3.8) is 0 Å². The number of aliphatic hydroxyl groups is 2. The van der Waals surface area contributed by atoms with E-state index in [4.69, 9.17) is 4.74 Å². The number of ether oxygens (including phenoxy) is 1. The minimum atomic E-state index is -1.13. The van der Waals surface area contributed by atoms with Crippen molar-refractivity contribution < 1.29 is 14.9 Å². The van der Waals surface area contributed by atoms with Crippen molar-refractivity contribution in [3.8, 4) is 11.1 Å². The topological polar surface area (TPSA) is 79.5 Å². The molecule has 0 unspecified atom stereocenters. The molecule has 31 heavy (non-hydrogen) atoms. The first-order valence-electron chi connectivity index (χ1n) is 11.1. The number of anilines is 1. The van der Waals surface area contributed by atoms with Gasteiger partial charge in [0.15, 0.2) is 0 Å². The summed E-state index contributed by atoms with van der Waals surface area (Å²) in [6, 6.07) is 11.6. The Balaban J connectivity index is 1.67. The molecule has 0 aliphatic heterocycles. The first-order valence-corrected chi connectivity index (χ1v) is 14.8. The molecule has 1 aliphatic rings. The fourth-order valence-corrected chi connectivity index (χ4v) is 4.52. The quantitative estimate of drug-likeness (QED) is 0.318. The number of hydrogen-bond acceptors (Lipinski definition) is 5. The smallest absolute Gasteiger partial charge is 0.124 e. The summed E-state index contributed by atoms with van der Waals surface area (Å²) in [7, 11) is -1.13. The third kappa shape index (κ3) is 5.18. The van der Waals surface area contributed by atoms with Crippen LogP contribution in [0.5, 0.6) is 0 Å². The van der Waals surface area contributed by atoms with Crippen LogP contribution in [0, 0.1) is 0 Å². The zero-order valence-electron chi connectivity index (χ0n) is 18.7. The Kier molecular flexibility index (Phi) is 6.48. The largest absolute Gasteiger partial charge is 0.392 e. The number of aromatic nitrogens is 2. The minimum Gasteiger partial charge on any atom is -0.392 e. The van der Waals surface area contributed by atoms with Crippen LogP contribution in [0.3, 0.4) is 0 Å². The summed E-state index contributed by atoms with van der Waals surface area (Å²) >= 11 is 0. The van der Waals surface area contributed by atoms with Gasteiger partial charge in [-0.2, -0.15) is 0 Å². The van der Waals surface area contributed by atoms with Crippen LogP contribution in [-0.4, -0.2) is 40.5 Å². The van der Waals surface area contributed by atoms with Gasteiger partial charge in [-0.25, -0.2) is 4.98 Å². The Bertz CT molecular complexity index is 1050. The van der Waals surface area contributed by atoms with Crippen LogP contribution in [0.1, 0.15) is 24.0 Å². The van der Waals surface area contributed by atoms with E-state index in [2.05, 4.69) is 36.0 Å².